The van der Waals surface area contributed by atoms with E-state index >= 15 is 0 Å². The molecule has 0 fully saturated rings. The second-order valence-electron chi connectivity index (χ2n) is 4.38. The molecule has 18 heavy (non-hydrogen) atoms. The van der Waals surface area contributed by atoms with Crippen molar-refractivity contribution in [2.24, 2.45) is 0 Å². The third kappa shape index (κ3) is 2.80. The molecule has 1 nitrogen and oxygen atoms in total. The van der Waals surface area contributed by atoms with Gasteiger partial charge in [-0.3, -0.25) is 0 Å². The lowest BCUT2D eigenvalue weighted by molar-refractivity contribution is 0.478. The highest BCUT2D eigenvalue weighted by atomic mass is 35.5. The van der Waals surface area contributed by atoms with Crippen molar-refractivity contribution in [3.8, 4) is 11.5 Å². The van der Waals surface area contributed by atoms with E-state index in [1.54, 1.807) is 12.1 Å². The zero-order chi connectivity index (χ0) is 13.3. The summed E-state index contributed by atoms with van der Waals surface area (Å²) >= 11 is 12.2. The molecule has 94 valence electrons. The van der Waals surface area contributed by atoms with Crippen molar-refractivity contribution in [1.29, 1.82) is 0 Å². The summed E-state index contributed by atoms with van der Waals surface area (Å²) in [5.74, 6) is 1.47. The highest BCUT2D eigenvalue weighted by Crippen LogP contribution is 2.33. The third-order valence-corrected chi connectivity index (χ3v) is 3.60. The zero-order valence-corrected chi connectivity index (χ0v) is 12.1. The van der Waals surface area contributed by atoms with Crippen molar-refractivity contribution in [2.75, 3.05) is 0 Å². The maximum Gasteiger partial charge on any atom is 0.130 e. The molecule has 2 aromatic carbocycles. The van der Waals surface area contributed by atoms with Crippen molar-refractivity contribution in [2.45, 2.75) is 20.8 Å². The minimum absolute atomic E-state index is 0.613. The van der Waals surface area contributed by atoms with Crippen LogP contribution in [-0.2, 0) is 0 Å². The van der Waals surface area contributed by atoms with Gasteiger partial charge in [-0.1, -0.05) is 40.9 Å². The van der Waals surface area contributed by atoms with Crippen LogP contribution < -0.4 is 4.74 Å². The summed E-state index contributed by atoms with van der Waals surface area (Å²) in [5.41, 5.74) is 3.16. The van der Waals surface area contributed by atoms with E-state index in [1.165, 1.54) is 5.56 Å². The number of ether oxygens (including phenoxy) is 1. The Bertz CT molecular complexity index is 568. The molecule has 0 saturated carbocycles. The smallest absolute Gasteiger partial charge is 0.130 e. The molecule has 0 heterocycles. The molecular weight excluding hydrogens is 267 g/mol. The summed E-state index contributed by atoms with van der Waals surface area (Å²) in [6.07, 6.45) is 0. The van der Waals surface area contributed by atoms with Gasteiger partial charge in [0.1, 0.15) is 11.5 Å². The number of aryl methyl sites for hydroxylation is 2. The molecule has 0 bridgehead atoms. The Morgan fingerprint density at radius 1 is 0.889 bits per heavy atom. The number of benzene rings is 2. The number of rotatable bonds is 2. The van der Waals surface area contributed by atoms with Crippen LogP contribution in [0.5, 0.6) is 11.5 Å². The Morgan fingerprint density at radius 2 is 1.50 bits per heavy atom. The van der Waals surface area contributed by atoms with E-state index in [0.29, 0.717) is 15.8 Å². The molecule has 0 unspecified atom stereocenters. The van der Waals surface area contributed by atoms with Crippen molar-refractivity contribution in [3.05, 3.63) is 57.1 Å². The molecule has 0 aromatic heterocycles. The van der Waals surface area contributed by atoms with E-state index in [0.717, 1.165) is 16.9 Å². The number of hydrogen-bond donors (Lipinski definition) is 0. The van der Waals surface area contributed by atoms with Crippen molar-refractivity contribution in [1.82, 2.24) is 0 Å². The van der Waals surface area contributed by atoms with Crippen molar-refractivity contribution >= 4 is 23.2 Å². The standard InChI is InChI=1S/C15H14Cl2O/c1-9-4-5-15(10(2)6-9)18-12-7-13(16)11(3)14(17)8-12/h4-8H,1-3H3. The lowest BCUT2D eigenvalue weighted by Crippen LogP contribution is -1.89. The molecule has 0 N–H and O–H groups in total. The highest BCUT2D eigenvalue weighted by Gasteiger charge is 2.07. The summed E-state index contributed by atoms with van der Waals surface area (Å²) < 4.78 is 5.81. The summed E-state index contributed by atoms with van der Waals surface area (Å²) in [5, 5.41) is 1.23. The minimum Gasteiger partial charge on any atom is -0.457 e. The van der Waals surface area contributed by atoms with Crippen LogP contribution in [0.15, 0.2) is 30.3 Å². The molecule has 0 aliphatic heterocycles. The summed E-state index contributed by atoms with van der Waals surface area (Å²) in [6.45, 7) is 5.95. The Labute approximate surface area is 117 Å². The van der Waals surface area contributed by atoms with Crippen LogP contribution in [0.25, 0.3) is 0 Å². The second kappa shape index (κ2) is 5.21. The van der Waals surface area contributed by atoms with Gasteiger partial charge in [0.05, 0.1) is 0 Å². The molecule has 3 heteroatoms. The quantitative estimate of drug-likeness (QED) is 0.685. The van der Waals surface area contributed by atoms with Crippen molar-refractivity contribution in [3.63, 3.8) is 0 Å². The molecule has 0 spiro atoms. The Hall–Kier alpha value is -1.18. The largest absolute Gasteiger partial charge is 0.457 e. The lowest BCUT2D eigenvalue weighted by Gasteiger charge is -2.11. The van der Waals surface area contributed by atoms with Gasteiger partial charge in [-0.2, -0.15) is 0 Å². The average molecular weight is 281 g/mol. The SMILES string of the molecule is Cc1ccc(Oc2cc(Cl)c(C)c(Cl)c2)c(C)c1. The highest BCUT2D eigenvalue weighted by molar-refractivity contribution is 6.36. The minimum atomic E-state index is 0.613. The van der Waals surface area contributed by atoms with Crippen LogP contribution in [-0.4, -0.2) is 0 Å². The Morgan fingerprint density at radius 3 is 2.06 bits per heavy atom. The van der Waals surface area contributed by atoms with Gasteiger partial charge >= 0.3 is 0 Å². The lowest BCUT2D eigenvalue weighted by atomic mass is 10.1. The van der Waals surface area contributed by atoms with Gasteiger partial charge in [0, 0.05) is 10.0 Å². The van der Waals surface area contributed by atoms with Gasteiger partial charge in [-0.15, -0.1) is 0 Å². The van der Waals surface area contributed by atoms with Crippen LogP contribution in [0.3, 0.4) is 0 Å². The van der Waals surface area contributed by atoms with E-state index in [1.807, 2.05) is 26.0 Å². The third-order valence-electron chi connectivity index (χ3n) is 2.81. The molecule has 0 saturated heterocycles. The monoisotopic (exact) mass is 280 g/mol. The predicted molar refractivity (Wildman–Crippen MR) is 77.2 cm³/mol. The first kappa shape index (κ1) is 13.3. The van der Waals surface area contributed by atoms with E-state index in [4.69, 9.17) is 27.9 Å². The Kier molecular flexibility index (Phi) is 3.84. The summed E-state index contributed by atoms with van der Waals surface area (Å²) in [7, 11) is 0. The van der Waals surface area contributed by atoms with Crippen LogP contribution >= 0.6 is 23.2 Å². The molecule has 2 aromatic rings. The summed E-state index contributed by atoms with van der Waals surface area (Å²) in [6, 6.07) is 9.60. The Balaban J connectivity index is 2.34. The number of halogens is 2. The van der Waals surface area contributed by atoms with Crippen LogP contribution in [0.2, 0.25) is 10.0 Å². The fraction of sp³-hybridized carbons (Fsp3) is 0.200. The van der Waals surface area contributed by atoms with E-state index < -0.39 is 0 Å². The number of hydrogen-bond acceptors (Lipinski definition) is 1. The molecule has 0 atom stereocenters. The van der Waals surface area contributed by atoms with E-state index in [-0.39, 0.29) is 0 Å². The maximum atomic E-state index is 6.09. The molecule has 0 amide bonds. The van der Waals surface area contributed by atoms with Crippen LogP contribution in [0.4, 0.5) is 0 Å². The summed E-state index contributed by atoms with van der Waals surface area (Å²) in [4.78, 5) is 0. The zero-order valence-electron chi connectivity index (χ0n) is 10.6. The average Bonchev–Trinajstić information content (AvgIpc) is 2.29. The molecule has 0 aliphatic rings. The first-order valence-electron chi connectivity index (χ1n) is 5.68. The topological polar surface area (TPSA) is 9.23 Å². The second-order valence-corrected chi connectivity index (χ2v) is 5.20. The normalized spacial score (nSPS) is 10.5. The molecule has 0 aliphatic carbocycles. The van der Waals surface area contributed by atoms with Gasteiger partial charge in [-0.05, 0) is 50.1 Å². The fourth-order valence-electron chi connectivity index (χ4n) is 1.72. The van der Waals surface area contributed by atoms with Gasteiger partial charge in [0.15, 0.2) is 0 Å². The van der Waals surface area contributed by atoms with Gasteiger partial charge in [-0.25, -0.2) is 0 Å². The predicted octanol–water partition coefficient (Wildman–Crippen LogP) is 5.71. The van der Waals surface area contributed by atoms with E-state index in [2.05, 4.69) is 13.0 Å². The fourth-order valence-corrected chi connectivity index (χ4v) is 2.19. The van der Waals surface area contributed by atoms with Gasteiger partial charge in [0.25, 0.3) is 0 Å². The molecule has 2 rings (SSSR count). The molecule has 0 radical (unpaired) electrons. The van der Waals surface area contributed by atoms with Crippen LogP contribution in [0, 0.1) is 20.8 Å². The van der Waals surface area contributed by atoms with Crippen LogP contribution in [0.1, 0.15) is 16.7 Å². The molecular formula is C15H14Cl2O. The van der Waals surface area contributed by atoms with Gasteiger partial charge < -0.3 is 4.74 Å². The first-order valence-corrected chi connectivity index (χ1v) is 6.43. The van der Waals surface area contributed by atoms with Crippen molar-refractivity contribution < 1.29 is 4.74 Å². The van der Waals surface area contributed by atoms with E-state index in [9.17, 15) is 0 Å². The first-order chi connectivity index (χ1) is 8.47. The maximum absolute atomic E-state index is 6.09. The van der Waals surface area contributed by atoms with Gasteiger partial charge in [0.2, 0.25) is 0 Å².